The van der Waals surface area contributed by atoms with Crippen molar-refractivity contribution in [2.75, 3.05) is 10.6 Å². The third kappa shape index (κ3) is 9.38. The van der Waals surface area contributed by atoms with Gasteiger partial charge in [-0.05, 0) is 57.4 Å². The van der Waals surface area contributed by atoms with E-state index < -0.39 is 47.3 Å². The number of anilines is 2. The predicted molar refractivity (Wildman–Crippen MR) is 152 cm³/mol. The maximum Gasteiger partial charge on any atom is 0.329 e. The molecule has 0 saturated heterocycles. The Morgan fingerprint density at radius 3 is 1.32 bits per heavy atom. The summed E-state index contributed by atoms with van der Waals surface area (Å²) in [7, 11) is 0. The topological polar surface area (TPSA) is 227 Å². The number of nitrogens with two attached hydrogens (primary N) is 2. The average Bonchev–Trinajstić information content (AvgIpc) is 2.92. The molecule has 216 valence electrons. The monoisotopic (exact) mass is 564 g/mol. The zero-order valence-electron chi connectivity index (χ0n) is 23.0. The molecule has 14 nitrogen and oxygen atoms in total. The average molecular weight is 565 g/mol. The number of hydrogen-bond acceptors (Lipinski definition) is 8. The van der Waals surface area contributed by atoms with Gasteiger partial charge in [-0.1, -0.05) is 36.4 Å². The van der Waals surface area contributed by atoms with Crippen molar-refractivity contribution in [1.82, 2.24) is 10.9 Å². The van der Waals surface area contributed by atoms with E-state index in [0.29, 0.717) is 11.4 Å². The Morgan fingerprint density at radius 2 is 1.00 bits per heavy atom. The first-order chi connectivity index (χ1) is 19.3. The zero-order valence-corrected chi connectivity index (χ0v) is 23.0. The Hall–Kier alpha value is -5.40. The normalized spacial score (nSPS) is 12.9. The van der Waals surface area contributed by atoms with E-state index in [0.717, 1.165) is 11.1 Å². The second-order valence-corrected chi connectivity index (χ2v) is 9.07. The van der Waals surface area contributed by atoms with Crippen LogP contribution >= 0.6 is 0 Å². The molecule has 0 aliphatic heterocycles. The molecular formula is C27H32N8O6. The Kier molecular flexibility index (Phi) is 11.4. The first-order valence-electron chi connectivity index (χ1n) is 12.3. The molecule has 0 bridgehead atoms. The molecule has 0 aromatic heterocycles. The Balaban J connectivity index is 2.51. The van der Waals surface area contributed by atoms with Crippen molar-refractivity contribution < 1.29 is 28.8 Å². The number of benzene rings is 2. The van der Waals surface area contributed by atoms with Crippen LogP contribution in [-0.4, -0.2) is 46.9 Å². The molecule has 2 aromatic carbocycles. The first kappa shape index (κ1) is 31.8. The minimum Gasteiger partial charge on any atom is -0.361 e. The molecule has 0 unspecified atom stereocenters. The summed E-state index contributed by atoms with van der Waals surface area (Å²) in [6, 6.07) is 14.0. The van der Waals surface area contributed by atoms with Crippen molar-refractivity contribution in [3.8, 4) is 0 Å². The number of amides is 6. The van der Waals surface area contributed by atoms with Crippen LogP contribution < -0.4 is 33.0 Å². The number of primary amides is 2. The van der Waals surface area contributed by atoms with Crippen LogP contribution in [0.2, 0.25) is 0 Å². The van der Waals surface area contributed by atoms with Crippen molar-refractivity contribution in [3.05, 3.63) is 59.7 Å². The van der Waals surface area contributed by atoms with E-state index in [4.69, 9.17) is 11.5 Å². The van der Waals surface area contributed by atoms with Gasteiger partial charge in [0, 0.05) is 22.8 Å². The van der Waals surface area contributed by atoms with Gasteiger partial charge in [-0.15, -0.1) is 0 Å². The highest BCUT2D eigenvalue weighted by Crippen LogP contribution is 2.23. The summed E-state index contributed by atoms with van der Waals surface area (Å²) in [6.45, 7) is 6.41. The van der Waals surface area contributed by atoms with Gasteiger partial charge in [0.1, 0.15) is 0 Å². The largest absolute Gasteiger partial charge is 0.361 e. The van der Waals surface area contributed by atoms with E-state index in [1.165, 1.54) is 13.8 Å². The summed E-state index contributed by atoms with van der Waals surface area (Å²) in [5, 5.41) is 13.3. The van der Waals surface area contributed by atoms with Gasteiger partial charge in [-0.25, -0.2) is 10.9 Å². The summed E-state index contributed by atoms with van der Waals surface area (Å²) in [6.07, 6.45) is -0.251. The maximum absolute atomic E-state index is 13.5. The number of nitrogens with one attached hydrogen (secondary N) is 4. The number of hydrazone groups is 2. The number of carbonyl (C=O) groups is 6. The van der Waals surface area contributed by atoms with Crippen molar-refractivity contribution in [3.63, 3.8) is 0 Å². The number of aryl methyl sites for hydroxylation is 2. The highest BCUT2D eigenvalue weighted by atomic mass is 16.2. The lowest BCUT2D eigenvalue weighted by Crippen LogP contribution is -2.39. The third-order valence-corrected chi connectivity index (χ3v) is 6.03. The number of hydrogen-bond donors (Lipinski definition) is 6. The Labute approximate surface area is 236 Å². The molecule has 0 aliphatic rings. The van der Waals surface area contributed by atoms with Gasteiger partial charge in [0.05, 0.1) is 11.8 Å². The molecule has 0 heterocycles. The maximum atomic E-state index is 13.5. The number of para-hydroxylation sites is 2. The summed E-state index contributed by atoms with van der Waals surface area (Å²) in [4.78, 5) is 72.8. The van der Waals surface area contributed by atoms with Gasteiger partial charge >= 0.3 is 23.6 Å². The highest BCUT2D eigenvalue weighted by molar-refractivity contribution is 6.35. The fourth-order valence-corrected chi connectivity index (χ4v) is 3.58. The Bertz CT molecular complexity index is 1310. The number of rotatable bonds is 10. The molecular weight excluding hydrogens is 532 g/mol. The predicted octanol–water partition coefficient (Wildman–Crippen LogP) is 0.458. The van der Waals surface area contributed by atoms with Crippen LogP contribution in [0, 0.1) is 25.7 Å². The lowest BCUT2D eigenvalue weighted by atomic mass is 9.87. The van der Waals surface area contributed by atoms with Crippen LogP contribution in [0.3, 0.4) is 0 Å². The SMILES string of the molecule is C/C(=N\NC(=O)C(N)=O)[C@H](C[C@H](C(=O)Nc1ccccc1C)/C(C)=N/NC(=O)C(N)=O)C(=O)Nc1ccccc1C. The third-order valence-electron chi connectivity index (χ3n) is 6.03. The van der Waals surface area contributed by atoms with Crippen molar-refractivity contribution in [1.29, 1.82) is 0 Å². The molecule has 41 heavy (non-hydrogen) atoms. The molecule has 6 amide bonds. The zero-order chi connectivity index (χ0) is 30.7. The smallest absolute Gasteiger partial charge is 0.329 e. The quantitative estimate of drug-likeness (QED) is 0.136. The standard InChI is InChI=1S/C27H32N8O6/c1-14-9-5-7-11-20(14)30-24(38)18(16(3)32-34-26(40)22(28)36)13-19(17(4)33-35-27(41)23(29)37)25(39)31-21-12-8-6-10-15(21)2/h5-12,18-19H,13H2,1-4H3,(H2,28,36)(H2,29,37)(H,30,38)(H,31,39)(H,34,40)(H,35,41)/b32-16+,33-17+/t18-,19-/m0/s1. The Morgan fingerprint density at radius 1 is 0.659 bits per heavy atom. The molecule has 0 spiro atoms. The van der Waals surface area contributed by atoms with Crippen molar-refractivity contribution in [2.45, 2.75) is 34.1 Å². The fourth-order valence-electron chi connectivity index (χ4n) is 3.58. The molecule has 2 rings (SSSR count). The van der Waals surface area contributed by atoms with Gasteiger partial charge in [-0.3, -0.25) is 28.8 Å². The van der Waals surface area contributed by atoms with Crippen LogP contribution in [0.1, 0.15) is 31.4 Å². The number of carbonyl (C=O) groups excluding carboxylic acids is 6. The molecule has 14 heteroatoms. The van der Waals surface area contributed by atoms with Gasteiger partial charge in [0.2, 0.25) is 11.8 Å². The van der Waals surface area contributed by atoms with Crippen LogP contribution in [0.25, 0.3) is 0 Å². The van der Waals surface area contributed by atoms with Crippen LogP contribution in [-0.2, 0) is 28.8 Å². The highest BCUT2D eigenvalue weighted by Gasteiger charge is 2.32. The summed E-state index contributed by atoms with van der Waals surface area (Å²) in [5.74, 6) is -8.48. The molecule has 0 saturated carbocycles. The van der Waals surface area contributed by atoms with E-state index >= 15 is 0 Å². The summed E-state index contributed by atoms with van der Waals surface area (Å²) < 4.78 is 0. The van der Waals surface area contributed by atoms with Crippen molar-refractivity contribution in [2.24, 2.45) is 33.5 Å². The summed E-state index contributed by atoms with van der Waals surface area (Å²) in [5.41, 5.74) is 16.5. The molecule has 0 fully saturated rings. The van der Waals surface area contributed by atoms with Crippen LogP contribution in [0.4, 0.5) is 11.4 Å². The van der Waals surface area contributed by atoms with E-state index in [-0.39, 0.29) is 17.8 Å². The molecule has 2 atom stereocenters. The van der Waals surface area contributed by atoms with Crippen LogP contribution in [0.15, 0.2) is 58.7 Å². The van der Waals surface area contributed by atoms with Crippen molar-refractivity contribution >= 4 is 58.2 Å². The minimum atomic E-state index is -1.29. The van der Waals surface area contributed by atoms with E-state index in [9.17, 15) is 28.8 Å². The fraction of sp³-hybridized carbons (Fsp3) is 0.259. The molecule has 2 aromatic rings. The van der Waals surface area contributed by atoms with Crippen LogP contribution in [0.5, 0.6) is 0 Å². The second kappa shape index (κ2) is 14.7. The van der Waals surface area contributed by atoms with E-state index in [1.807, 2.05) is 10.9 Å². The molecule has 0 radical (unpaired) electrons. The van der Waals surface area contributed by atoms with E-state index in [2.05, 4.69) is 20.8 Å². The summed E-state index contributed by atoms with van der Waals surface area (Å²) >= 11 is 0. The van der Waals surface area contributed by atoms with Gasteiger partial charge < -0.3 is 22.1 Å². The van der Waals surface area contributed by atoms with Gasteiger partial charge in [-0.2, -0.15) is 10.2 Å². The lowest BCUT2D eigenvalue weighted by Gasteiger charge is -2.23. The van der Waals surface area contributed by atoms with Gasteiger partial charge in [0.15, 0.2) is 0 Å². The first-order valence-corrected chi connectivity index (χ1v) is 12.3. The molecule has 8 N–H and O–H groups in total. The molecule has 0 aliphatic carbocycles. The van der Waals surface area contributed by atoms with E-state index in [1.54, 1.807) is 62.4 Å². The van der Waals surface area contributed by atoms with Gasteiger partial charge in [0.25, 0.3) is 0 Å². The minimum absolute atomic E-state index is 0.0355. The lowest BCUT2D eigenvalue weighted by molar-refractivity contribution is -0.137. The second-order valence-electron chi connectivity index (χ2n) is 9.07. The number of nitrogens with zero attached hydrogens (tertiary/aromatic N) is 2.